The third-order valence-electron chi connectivity index (χ3n) is 4.16. The van der Waals surface area contributed by atoms with Crippen molar-refractivity contribution in [1.82, 2.24) is 9.88 Å². The molecular weight excluding hydrogens is 320 g/mol. The van der Waals surface area contributed by atoms with Crippen molar-refractivity contribution in [2.75, 3.05) is 19.7 Å². The fourth-order valence-corrected chi connectivity index (χ4v) is 3.79. The minimum Gasteiger partial charge on any atom is -0.460 e. The molecule has 0 saturated carbocycles. The second kappa shape index (κ2) is 6.89. The fourth-order valence-electron chi connectivity index (χ4n) is 2.96. The first-order valence-corrected chi connectivity index (χ1v) is 9.06. The summed E-state index contributed by atoms with van der Waals surface area (Å²) in [6, 6.07) is 14.3. The summed E-state index contributed by atoms with van der Waals surface area (Å²) in [6.07, 6.45) is 0.0704. The minimum atomic E-state index is 0.0704. The van der Waals surface area contributed by atoms with Crippen LogP contribution in [-0.4, -0.2) is 29.6 Å². The van der Waals surface area contributed by atoms with E-state index in [1.165, 1.54) is 0 Å². The topological polar surface area (TPSA) is 38.5 Å². The van der Waals surface area contributed by atoms with Gasteiger partial charge in [-0.05, 0) is 19.1 Å². The van der Waals surface area contributed by atoms with Crippen molar-refractivity contribution < 1.29 is 9.15 Å². The Kier molecular flexibility index (Phi) is 4.47. The first-order chi connectivity index (χ1) is 11.8. The average molecular weight is 340 g/mol. The van der Waals surface area contributed by atoms with Crippen LogP contribution >= 0.6 is 11.3 Å². The maximum absolute atomic E-state index is 6.02. The zero-order valence-electron chi connectivity index (χ0n) is 13.6. The van der Waals surface area contributed by atoms with Crippen LogP contribution in [0.2, 0.25) is 0 Å². The van der Waals surface area contributed by atoms with E-state index in [9.17, 15) is 0 Å². The second-order valence-corrected chi connectivity index (χ2v) is 6.94. The molecule has 0 amide bonds. The van der Waals surface area contributed by atoms with Crippen molar-refractivity contribution in [2.24, 2.45) is 0 Å². The molecule has 0 N–H and O–H groups in total. The normalized spacial score (nSPS) is 18.8. The van der Waals surface area contributed by atoms with Crippen molar-refractivity contribution in [1.29, 1.82) is 0 Å². The fraction of sp³-hybridized carbons (Fsp3) is 0.316. The highest BCUT2D eigenvalue weighted by Gasteiger charge is 2.25. The molecule has 4 rings (SSSR count). The Morgan fingerprint density at radius 3 is 2.88 bits per heavy atom. The summed E-state index contributed by atoms with van der Waals surface area (Å²) in [6.45, 7) is 5.33. The molecule has 24 heavy (non-hydrogen) atoms. The summed E-state index contributed by atoms with van der Waals surface area (Å²) >= 11 is 1.68. The van der Waals surface area contributed by atoms with E-state index in [-0.39, 0.29) is 6.10 Å². The molecule has 1 fully saturated rings. The predicted octanol–water partition coefficient (Wildman–Crippen LogP) is 4.29. The quantitative estimate of drug-likeness (QED) is 0.710. The molecule has 4 nitrogen and oxygen atoms in total. The molecule has 5 heteroatoms. The zero-order valence-corrected chi connectivity index (χ0v) is 14.5. The molecule has 124 valence electrons. The minimum absolute atomic E-state index is 0.0704. The summed E-state index contributed by atoms with van der Waals surface area (Å²) in [5.41, 5.74) is 2.18. The number of ether oxygens (including phenoxy) is 1. The van der Waals surface area contributed by atoms with Gasteiger partial charge in [0, 0.05) is 29.7 Å². The molecule has 1 aliphatic rings. The number of rotatable bonds is 4. The number of furan rings is 1. The third kappa shape index (κ3) is 3.43. The van der Waals surface area contributed by atoms with Crippen LogP contribution in [0.4, 0.5) is 0 Å². The highest BCUT2D eigenvalue weighted by atomic mass is 32.1. The van der Waals surface area contributed by atoms with Crippen LogP contribution in [0.5, 0.6) is 0 Å². The van der Waals surface area contributed by atoms with Gasteiger partial charge < -0.3 is 9.15 Å². The van der Waals surface area contributed by atoms with Gasteiger partial charge >= 0.3 is 0 Å². The lowest BCUT2D eigenvalue weighted by atomic mass is 10.2. The third-order valence-corrected chi connectivity index (χ3v) is 5.22. The molecule has 1 atom stereocenters. The largest absolute Gasteiger partial charge is 0.460 e. The van der Waals surface area contributed by atoms with Gasteiger partial charge in [0.2, 0.25) is 0 Å². The molecule has 2 aromatic heterocycles. The van der Waals surface area contributed by atoms with Crippen LogP contribution in [-0.2, 0) is 11.3 Å². The molecular formula is C19H20N2O2S. The predicted molar refractivity (Wildman–Crippen MR) is 95.0 cm³/mol. The van der Waals surface area contributed by atoms with Crippen LogP contribution in [0.3, 0.4) is 0 Å². The van der Waals surface area contributed by atoms with E-state index in [1.807, 2.05) is 31.2 Å². The average Bonchev–Trinajstić information content (AvgIpc) is 3.25. The van der Waals surface area contributed by atoms with Gasteiger partial charge in [-0.3, -0.25) is 4.90 Å². The van der Waals surface area contributed by atoms with Crippen molar-refractivity contribution in [3.8, 4) is 11.3 Å². The van der Waals surface area contributed by atoms with Crippen LogP contribution < -0.4 is 0 Å². The Balaban J connectivity index is 1.43. The van der Waals surface area contributed by atoms with Crippen molar-refractivity contribution in [3.63, 3.8) is 0 Å². The summed E-state index contributed by atoms with van der Waals surface area (Å²) in [5, 5.41) is 3.15. The standard InChI is InChI=1S/C19H20N2O2S/c1-14-13-24-19(20-14)18-12-21(9-10-22-18)11-16-7-8-17(23-16)15-5-3-2-4-6-15/h2-8,13,18H,9-12H2,1H3. The van der Waals surface area contributed by atoms with Gasteiger partial charge in [-0.2, -0.15) is 0 Å². The molecule has 0 aliphatic carbocycles. The Morgan fingerprint density at radius 1 is 1.21 bits per heavy atom. The van der Waals surface area contributed by atoms with E-state index in [0.29, 0.717) is 0 Å². The van der Waals surface area contributed by atoms with Crippen molar-refractivity contribution in [3.05, 3.63) is 64.3 Å². The number of benzene rings is 1. The SMILES string of the molecule is Cc1csc(C2CN(Cc3ccc(-c4ccccc4)o3)CCO2)n1. The summed E-state index contributed by atoms with van der Waals surface area (Å²) in [4.78, 5) is 6.94. The van der Waals surface area contributed by atoms with E-state index in [1.54, 1.807) is 11.3 Å². The number of aromatic nitrogens is 1. The summed E-state index contributed by atoms with van der Waals surface area (Å²) in [5.74, 6) is 1.91. The summed E-state index contributed by atoms with van der Waals surface area (Å²) < 4.78 is 11.9. The molecule has 1 aromatic carbocycles. The first kappa shape index (κ1) is 15.6. The second-order valence-electron chi connectivity index (χ2n) is 6.05. The van der Waals surface area contributed by atoms with Crippen LogP contribution in [0.1, 0.15) is 22.6 Å². The van der Waals surface area contributed by atoms with Crippen LogP contribution in [0, 0.1) is 6.92 Å². The van der Waals surface area contributed by atoms with Crippen molar-refractivity contribution in [2.45, 2.75) is 19.6 Å². The number of morpholine rings is 1. The number of nitrogens with zero attached hydrogens (tertiary/aromatic N) is 2. The Morgan fingerprint density at radius 2 is 2.08 bits per heavy atom. The monoisotopic (exact) mass is 340 g/mol. The van der Waals surface area contributed by atoms with Gasteiger partial charge in [-0.25, -0.2) is 4.98 Å². The smallest absolute Gasteiger partial charge is 0.134 e. The van der Waals surface area contributed by atoms with E-state index >= 15 is 0 Å². The number of aryl methyl sites for hydroxylation is 1. The molecule has 0 bridgehead atoms. The maximum Gasteiger partial charge on any atom is 0.134 e. The highest BCUT2D eigenvalue weighted by molar-refractivity contribution is 7.09. The van der Waals surface area contributed by atoms with E-state index in [2.05, 4.69) is 33.5 Å². The highest BCUT2D eigenvalue weighted by Crippen LogP contribution is 2.27. The number of hydrogen-bond acceptors (Lipinski definition) is 5. The van der Waals surface area contributed by atoms with Gasteiger partial charge in [-0.15, -0.1) is 11.3 Å². The zero-order chi connectivity index (χ0) is 16.4. The van der Waals surface area contributed by atoms with Crippen LogP contribution in [0.25, 0.3) is 11.3 Å². The van der Waals surface area contributed by atoms with Gasteiger partial charge in [0.05, 0.1) is 13.2 Å². The Labute approximate surface area is 145 Å². The first-order valence-electron chi connectivity index (χ1n) is 8.18. The lowest BCUT2D eigenvalue weighted by molar-refractivity contribution is -0.0347. The van der Waals surface area contributed by atoms with Crippen molar-refractivity contribution >= 4 is 11.3 Å². The van der Waals surface area contributed by atoms with Gasteiger partial charge in [0.1, 0.15) is 22.6 Å². The molecule has 3 aromatic rings. The molecule has 1 saturated heterocycles. The number of thiazole rings is 1. The lowest BCUT2D eigenvalue weighted by Gasteiger charge is -2.31. The lowest BCUT2D eigenvalue weighted by Crippen LogP contribution is -2.37. The molecule has 0 radical (unpaired) electrons. The van der Waals surface area contributed by atoms with Gasteiger partial charge in [0.15, 0.2) is 0 Å². The van der Waals surface area contributed by atoms with E-state index in [0.717, 1.165) is 54.0 Å². The molecule has 3 heterocycles. The summed E-state index contributed by atoms with van der Waals surface area (Å²) in [7, 11) is 0. The van der Waals surface area contributed by atoms with Gasteiger partial charge in [-0.1, -0.05) is 30.3 Å². The molecule has 1 unspecified atom stereocenters. The number of hydrogen-bond donors (Lipinski definition) is 0. The van der Waals surface area contributed by atoms with Gasteiger partial charge in [0.25, 0.3) is 0 Å². The molecule has 0 spiro atoms. The van der Waals surface area contributed by atoms with E-state index < -0.39 is 0 Å². The Bertz CT molecular complexity index is 797. The Hall–Kier alpha value is -1.95. The van der Waals surface area contributed by atoms with Crippen LogP contribution in [0.15, 0.2) is 52.3 Å². The maximum atomic E-state index is 6.02. The molecule has 1 aliphatic heterocycles. The van der Waals surface area contributed by atoms with E-state index in [4.69, 9.17) is 9.15 Å².